The van der Waals surface area contributed by atoms with E-state index in [1.165, 1.54) is 12.1 Å². The molecule has 0 amide bonds. The van der Waals surface area contributed by atoms with E-state index in [1.54, 1.807) is 53.4 Å². The van der Waals surface area contributed by atoms with Crippen LogP contribution in [0.2, 0.25) is 0 Å². The van der Waals surface area contributed by atoms with E-state index in [9.17, 15) is 19.7 Å². The normalized spacial score (nSPS) is 11.7. The molecule has 0 spiro atoms. The summed E-state index contributed by atoms with van der Waals surface area (Å²) in [7, 11) is 0. The van der Waals surface area contributed by atoms with Gasteiger partial charge in [0.05, 0.1) is 15.1 Å². The summed E-state index contributed by atoms with van der Waals surface area (Å²) in [4.78, 5) is 41.1. The number of thiazole rings is 1. The van der Waals surface area contributed by atoms with E-state index in [0.29, 0.717) is 22.4 Å². The summed E-state index contributed by atoms with van der Waals surface area (Å²) < 4.78 is 3.05. The number of hydrogen-bond acceptors (Lipinski definition) is 8. The molecular weight excluding hydrogens is 504 g/mol. The third-order valence-corrected chi connectivity index (χ3v) is 6.77. The van der Waals surface area contributed by atoms with Crippen molar-refractivity contribution in [2.75, 3.05) is 0 Å². The van der Waals surface area contributed by atoms with Crippen LogP contribution in [0.25, 0.3) is 39.2 Å². The highest BCUT2D eigenvalue weighted by Gasteiger charge is 2.16. The van der Waals surface area contributed by atoms with E-state index in [2.05, 4.69) is 15.2 Å². The first-order valence-corrected chi connectivity index (χ1v) is 12.2. The average molecular weight is 521 g/mol. The van der Waals surface area contributed by atoms with E-state index in [4.69, 9.17) is 0 Å². The van der Waals surface area contributed by atoms with Gasteiger partial charge >= 0.3 is 5.56 Å². The third kappa shape index (κ3) is 4.16. The van der Waals surface area contributed by atoms with E-state index in [1.807, 2.05) is 36.4 Å². The molecule has 10 nitrogen and oxygen atoms in total. The monoisotopic (exact) mass is 520 g/mol. The minimum absolute atomic E-state index is 0.0746. The van der Waals surface area contributed by atoms with Crippen LogP contribution in [0.4, 0.5) is 5.69 Å². The molecule has 3 heterocycles. The molecule has 3 aromatic carbocycles. The number of benzene rings is 3. The fraction of sp³-hybridized carbons (Fsp3) is 0. The lowest BCUT2D eigenvalue weighted by Crippen LogP contribution is -2.26. The van der Waals surface area contributed by atoms with Gasteiger partial charge in [0, 0.05) is 35.0 Å². The number of hydrogen-bond donors (Lipinski definition) is 0. The molecule has 0 unspecified atom stereocenters. The Morgan fingerprint density at radius 2 is 1.55 bits per heavy atom. The Morgan fingerprint density at radius 3 is 2.29 bits per heavy atom. The Balaban J connectivity index is 1.55. The Morgan fingerprint density at radius 1 is 0.842 bits per heavy atom. The summed E-state index contributed by atoms with van der Waals surface area (Å²) in [5.74, 6) is 0. The fourth-order valence-corrected chi connectivity index (χ4v) is 4.92. The van der Waals surface area contributed by atoms with Crippen LogP contribution in [0.3, 0.4) is 0 Å². The zero-order valence-electron chi connectivity index (χ0n) is 19.5. The van der Waals surface area contributed by atoms with Crippen molar-refractivity contribution in [1.82, 2.24) is 24.4 Å². The lowest BCUT2D eigenvalue weighted by atomic mass is 10.1. The van der Waals surface area contributed by atoms with Gasteiger partial charge in [-0.1, -0.05) is 72.0 Å². The van der Waals surface area contributed by atoms with Gasteiger partial charge in [0.25, 0.3) is 11.2 Å². The summed E-state index contributed by atoms with van der Waals surface area (Å²) in [6, 6.07) is 24.3. The summed E-state index contributed by atoms with van der Waals surface area (Å²) in [6.45, 7) is 0. The van der Waals surface area contributed by atoms with Gasteiger partial charge in [-0.3, -0.25) is 19.7 Å². The van der Waals surface area contributed by atoms with Crippen molar-refractivity contribution in [2.45, 2.75) is 0 Å². The van der Waals surface area contributed by atoms with Gasteiger partial charge < -0.3 is 0 Å². The number of fused-ring (bicyclic) bond motifs is 1. The molecule has 6 rings (SSSR count). The number of aromatic nitrogens is 5. The highest BCUT2D eigenvalue weighted by Crippen LogP contribution is 2.27. The first-order valence-electron chi connectivity index (χ1n) is 11.4. The summed E-state index contributed by atoms with van der Waals surface area (Å²) in [5, 5.41) is 20.4. The SMILES string of the molecule is O=c1nc2sc(=Cc3cn(-c4ccccc4)nc3-c3cccc([N+](=O)[O-])c3)c(=O)n2nc1-c1ccccc1. The predicted octanol–water partition coefficient (Wildman–Crippen LogP) is 3.49. The van der Waals surface area contributed by atoms with Crippen LogP contribution in [-0.4, -0.2) is 29.3 Å². The van der Waals surface area contributed by atoms with Gasteiger partial charge in [0.1, 0.15) is 5.69 Å². The maximum atomic E-state index is 13.3. The second-order valence-corrected chi connectivity index (χ2v) is 9.27. The van der Waals surface area contributed by atoms with Crippen LogP contribution in [-0.2, 0) is 0 Å². The molecule has 0 atom stereocenters. The third-order valence-electron chi connectivity index (χ3n) is 5.81. The van der Waals surface area contributed by atoms with Gasteiger partial charge in [0.2, 0.25) is 4.96 Å². The molecule has 0 N–H and O–H groups in total. The van der Waals surface area contributed by atoms with E-state index < -0.39 is 16.0 Å². The highest BCUT2D eigenvalue weighted by molar-refractivity contribution is 7.15. The zero-order chi connectivity index (χ0) is 26.2. The molecule has 0 aliphatic carbocycles. The number of para-hydroxylation sites is 1. The maximum absolute atomic E-state index is 13.3. The van der Waals surface area contributed by atoms with Crippen LogP contribution in [0.1, 0.15) is 5.56 Å². The fourth-order valence-electron chi connectivity index (χ4n) is 4.02. The predicted molar refractivity (Wildman–Crippen MR) is 143 cm³/mol. The molecule has 0 aliphatic rings. The average Bonchev–Trinajstić information content (AvgIpc) is 3.50. The molecule has 0 saturated carbocycles. The molecule has 38 heavy (non-hydrogen) atoms. The minimum atomic E-state index is -0.529. The molecule has 11 heteroatoms. The molecule has 3 aromatic heterocycles. The van der Waals surface area contributed by atoms with Gasteiger partial charge in [-0.2, -0.15) is 19.7 Å². The van der Waals surface area contributed by atoms with Gasteiger partial charge in [-0.15, -0.1) is 0 Å². The van der Waals surface area contributed by atoms with Crippen molar-refractivity contribution in [3.05, 3.63) is 132 Å². The Hall–Kier alpha value is -5.29. The lowest BCUT2D eigenvalue weighted by molar-refractivity contribution is -0.384. The number of nitro benzene ring substituents is 1. The minimum Gasteiger partial charge on any atom is -0.266 e. The molecular formula is C27H16N6O4S. The van der Waals surface area contributed by atoms with Crippen LogP contribution >= 0.6 is 11.3 Å². The van der Waals surface area contributed by atoms with Crippen molar-refractivity contribution in [3.63, 3.8) is 0 Å². The van der Waals surface area contributed by atoms with Gasteiger partial charge in [-0.05, 0) is 18.2 Å². The van der Waals surface area contributed by atoms with Crippen LogP contribution in [0.15, 0.2) is 101 Å². The first-order chi connectivity index (χ1) is 18.5. The second-order valence-electron chi connectivity index (χ2n) is 8.26. The van der Waals surface area contributed by atoms with E-state index >= 15 is 0 Å². The molecule has 0 radical (unpaired) electrons. The highest BCUT2D eigenvalue weighted by atomic mass is 32.1. The van der Waals surface area contributed by atoms with E-state index in [-0.39, 0.29) is 20.9 Å². The molecule has 6 aromatic rings. The topological polar surface area (TPSA) is 125 Å². The van der Waals surface area contributed by atoms with E-state index in [0.717, 1.165) is 21.5 Å². The van der Waals surface area contributed by atoms with Crippen molar-refractivity contribution in [3.8, 4) is 28.2 Å². The molecule has 0 fully saturated rings. The number of non-ortho nitro benzene ring substituents is 1. The van der Waals surface area contributed by atoms with Crippen molar-refractivity contribution in [2.24, 2.45) is 0 Å². The quantitative estimate of drug-likeness (QED) is 0.252. The second kappa shape index (κ2) is 9.30. The molecule has 184 valence electrons. The van der Waals surface area contributed by atoms with Crippen molar-refractivity contribution < 1.29 is 4.92 Å². The Kier molecular flexibility index (Phi) is 5.66. The van der Waals surface area contributed by atoms with Crippen LogP contribution < -0.4 is 15.7 Å². The smallest absolute Gasteiger partial charge is 0.266 e. The van der Waals surface area contributed by atoms with Crippen LogP contribution in [0, 0.1) is 10.1 Å². The Bertz CT molecular complexity index is 2000. The largest absolute Gasteiger partial charge is 0.300 e. The zero-order valence-corrected chi connectivity index (χ0v) is 20.3. The van der Waals surface area contributed by atoms with Gasteiger partial charge in [0.15, 0.2) is 5.69 Å². The summed E-state index contributed by atoms with van der Waals surface area (Å²) in [6.07, 6.45) is 3.38. The molecule has 0 saturated heterocycles. The van der Waals surface area contributed by atoms with Gasteiger partial charge in [-0.25, -0.2) is 4.68 Å². The summed E-state index contributed by atoms with van der Waals surface area (Å²) in [5.41, 5.74) is 1.91. The number of rotatable bonds is 5. The van der Waals surface area contributed by atoms with Crippen LogP contribution in [0.5, 0.6) is 0 Å². The van der Waals surface area contributed by atoms with Crippen molar-refractivity contribution >= 4 is 28.1 Å². The lowest BCUT2D eigenvalue weighted by Gasteiger charge is -2.00. The maximum Gasteiger partial charge on any atom is 0.300 e. The molecule has 0 aliphatic heterocycles. The number of nitrogens with zero attached hydrogens (tertiary/aromatic N) is 6. The Labute approximate surface area is 217 Å². The molecule has 0 bridgehead atoms. The van der Waals surface area contributed by atoms with Crippen molar-refractivity contribution in [1.29, 1.82) is 0 Å². The summed E-state index contributed by atoms with van der Waals surface area (Å²) >= 11 is 1.03. The number of nitro groups is 1. The standard InChI is InChI=1S/C27H16N6O4S/c34-25-24(17-8-3-1-4-9-17)30-32-26(35)22(38-27(32)28-25)15-19-16-31(20-11-5-2-6-12-20)29-23(19)18-10-7-13-21(14-18)33(36)37/h1-16H. The first kappa shape index (κ1) is 23.1.